The van der Waals surface area contributed by atoms with Gasteiger partial charge in [0, 0.05) is 6.08 Å². The lowest BCUT2D eigenvalue weighted by Gasteiger charge is -2.07. The van der Waals surface area contributed by atoms with E-state index in [0.29, 0.717) is 11.4 Å². The van der Waals surface area contributed by atoms with E-state index in [1.807, 2.05) is 30.3 Å². The molecule has 0 radical (unpaired) electrons. The lowest BCUT2D eigenvalue weighted by molar-refractivity contribution is -0.111. The van der Waals surface area contributed by atoms with Gasteiger partial charge in [-0.05, 0) is 45.7 Å². The predicted molar refractivity (Wildman–Crippen MR) is 93.2 cm³/mol. The van der Waals surface area contributed by atoms with Crippen LogP contribution in [0.2, 0.25) is 0 Å². The molecular formula is C19H25NO2. The summed E-state index contributed by atoms with van der Waals surface area (Å²) in [5.74, 6) is 0.482. The molecule has 0 fully saturated rings. The summed E-state index contributed by atoms with van der Waals surface area (Å²) in [5.41, 5.74) is 3.25. The van der Waals surface area contributed by atoms with E-state index in [-0.39, 0.29) is 5.91 Å². The molecule has 0 atom stereocenters. The second kappa shape index (κ2) is 9.61. The van der Waals surface area contributed by atoms with Crippen molar-refractivity contribution in [3.05, 3.63) is 59.7 Å². The molecule has 0 aliphatic heterocycles. The lowest BCUT2D eigenvalue weighted by atomic mass is 10.1. The van der Waals surface area contributed by atoms with E-state index in [1.165, 1.54) is 17.2 Å². The Balaban J connectivity index is 2.52. The molecule has 118 valence electrons. The van der Waals surface area contributed by atoms with Crippen LogP contribution in [0.4, 0.5) is 5.69 Å². The number of allylic oxidation sites excluding steroid dienone is 5. The summed E-state index contributed by atoms with van der Waals surface area (Å²) in [5, 5.41) is 2.80. The van der Waals surface area contributed by atoms with Crippen molar-refractivity contribution in [2.24, 2.45) is 0 Å². The fraction of sp³-hybridized carbons (Fsp3) is 0.316. The monoisotopic (exact) mass is 299 g/mol. The van der Waals surface area contributed by atoms with E-state index in [0.717, 1.165) is 12.8 Å². The first-order chi connectivity index (χ1) is 10.5. The minimum Gasteiger partial charge on any atom is -0.495 e. The standard InChI is InChI=1S/C19H25NO2/c1-15(2)9-7-10-16(3)11-8-14-19(21)20-17-12-5-6-13-18(17)22-4/h5-6,8-9,11-14H,7,10H2,1-4H3,(H,20,21)/b14-8+,16-11+. The third-order valence-corrected chi connectivity index (χ3v) is 3.08. The quantitative estimate of drug-likeness (QED) is 0.442. The maximum absolute atomic E-state index is 11.9. The van der Waals surface area contributed by atoms with Crippen LogP contribution in [0, 0.1) is 0 Å². The number of benzene rings is 1. The van der Waals surface area contributed by atoms with Crippen molar-refractivity contribution in [3.8, 4) is 5.75 Å². The summed E-state index contributed by atoms with van der Waals surface area (Å²) in [7, 11) is 1.58. The van der Waals surface area contributed by atoms with Gasteiger partial charge in [0.2, 0.25) is 5.91 Å². The zero-order valence-electron chi connectivity index (χ0n) is 13.8. The van der Waals surface area contributed by atoms with Gasteiger partial charge in [0.25, 0.3) is 0 Å². The van der Waals surface area contributed by atoms with Gasteiger partial charge in [-0.15, -0.1) is 0 Å². The molecule has 1 aromatic carbocycles. The number of nitrogens with one attached hydrogen (secondary N) is 1. The van der Waals surface area contributed by atoms with Gasteiger partial charge < -0.3 is 10.1 Å². The van der Waals surface area contributed by atoms with Crippen LogP contribution in [0.1, 0.15) is 33.6 Å². The number of hydrogen-bond acceptors (Lipinski definition) is 2. The number of anilines is 1. The molecular weight excluding hydrogens is 274 g/mol. The average Bonchev–Trinajstić information content (AvgIpc) is 2.47. The van der Waals surface area contributed by atoms with Crippen LogP contribution in [0.5, 0.6) is 5.75 Å². The molecule has 1 N–H and O–H groups in total. The van der Waals surface area contributed by atoms with Crippen molar-refractivity contribution in [1.29, 1.82) is 0 Å². The molecule has 0 saturated heterocycles. The number of rotatable bonds is 7. The lowest BCUT2D eigenvalue weighted by Crippen LogP contribution is -2.08. The first kappa shape index (κ1) is 17.8. The van der Waals surface area contributed by atoms with E-state index < -0.39 is 0 Å². The van der Waals surface area contributed by atoms with E-state index in [1.54, 1.807) is 13.2 Å². The van der Waals surface area contributed by atoms with Gasteiger partial charge in [0.1, 0.15) is 5.75 Å². The summed E-state index contributed by atoms with van der Waals surface area (Å²) < 4.78 is 5.20. The number of carbonyl (C=O) groups is 1. The first-order valence-corrected chi connectivity index (χ1v) is 7.44. The number of ether oxygens (including phenoxy) is 1. The molecule has 1 rings (SSSR count). The fourth-order valence-electron chi connectivity index (χ4n) is 1.89. The third kappa shape index (κ3) is 6.93. The maximum atomic E-state index is 11.9. The molecule has 0 heterocycles. The Morgan fingerprint density at radius 3 is 2.64 bits per heavy atom. The van der Waals surface area contributed by atoms with Crippen LogP contribution in [-0.4, -0.2) is 13.0 Å². The number of amides is 1. The molecule has 0 aliphatic rings. The topological polar surface area (TPSA) is 38.3 Å². The molecule has 3 heteroatoms. The highest BCUT2D eigenvalue weighted by atomic mass is 16.5. The summed E-state index contributed by atoms with van der Waals surface area (Å²) in [6.45, 7) is 6.27. The molecule has 3 nitrogen and oxygen atoms in total. The minimum absolute atomic E-state index is 0.169. The van der Waals surface area contributed by atoms with Crippen LogP contribution in [0.15, 0.2) is 59.7 Å². The minimum atomic E-state index is -0.169. The molecule has 0 aliphatic carbocycles. The van der Waals surface area contributed by atoms with Gasteiger partial charge in [0.15, 0.2) is 0 Å². The SMILES string of the molecule is COc1ccccc1NC(=O)/C=C/C=C(\C)CCC=C(C)C. The highest BCUT2D eigenvalue weighted by Crippen LogP contribution is 2.22. The highest BCUT2D eigenvalue weighted by molar-refractivity contribution is 6.00. The van der Waals surface area contributed by atoms with Gasteiger partial charge in [-0.3, -0.25) is 4.79 Å². The molecule has 0 spiro atoms. The summed E-state index contributed by atoms with van der Waals surface area (Å²) in [4.78, 5) is 11.9. The van der Waals surface area contributed by atoms with Crippen molar-refractivity contribution < 1.29 is 9.53 Å². The van der Waals surface area contributed by atoms with Crippen molar-refractivity contribution in [3.63, 3.8) is 0 Å². The van der Waals surface area contributed by atoms with E-state index >= 15 is 0 Å². The Morgan fingerprint density at radius 1 is 1.23 bits per heavy atom. The zero-order valence-corrected chi connectivity index (χ0v) is 13.8. The smallest absolute Gasteiger partial charge is 0.248 e. The predicted octanol–water partition coefficient (Wildman–Crippen LogP) is 4.88. The Hall–Kier alpha value is -2.29. The Labute approximate surface area is 133 Å². The van der Waals surface area contributed by atoms with Gasteiger partial charge >= 0.3 is 0 Å². The van der Waals surface area contributed by atoms with Gasteiger partial charge in [-0.2, -0.15) is 0 Å². The second-order valence-electron chi connectivity index (χ2n) is 5.38. The molecule has 0 aromatic heterocycles. The largest absolute Gasteiger partial charge is 0.495 e. The molecule has 22 heavy (non-hydrogen) atoms. The first-order valence-electron chi connectivity index (χ1n) is 7.44. The van der Waals surface area contributed by atoms with E-state index in [9.17, 15) is 4.79 Å². The summed E-state index contributed by atoms with van der Waals surface area (Å²) >= 11 is 0. The molecule has 1 aromatic rings. The number of methoxy groups -OCH3 is 1. The van der Waals surface area contributed by atoms with Crippen LogP contribution in [-0.2, 0) is 4.79 Å². The molecule has 0 saturated carbocycles. The van der Waals surface area contributed by atoms with Crippen LogP contribution < -0.4 is 10.1 Å². The second-order valence-corrected chi connectivity index (χ2v) is 5.38. The van der Waals surface area contributed by atoms with Crippen LogP contribution in [0.25, 0.3) is 0 Å². The van der Waals surface area contributed by atoms with Gasteiger partial charge in [-0.1, -0.05) is 41.5 Å². The number of carbonyl (C=O) groups excluding carboxylic acids is 1. The van der Waals surface area contributed by atoms with Crippen LogP contribution in [0.3, 0.4) is 0 Å². The fourth-order valence-corrected chi connectivity index (χ4v) is 1.89. The van der Waals surface area contributed by atoms with Crippen LogP contribution >= 0.6 is 0 Å². The Morgan fingerprint density at radius 2 is 1.95 bits per heavy atom. The number of hydrogen-bond donors (Lipinski definition) is 1. The number of para-hydroxylation sites is 2. The molecule has 1 amide bonds. The maximum Gasteiger partial charge on any atom is 0.248 e. The van der Waals surface area contributed by atoms with Crippen molar-refractivity contribution in [2.45, 2.75) is 33.6 Å². The normalized spacial score (nSPS) is 11.4. The van der Waals surface area contributed by atoms with E-state index in [2.05, 4.69) is 32.2 Å². The summed E-state index contributed by atoms with van der Waals surface area (Å²) in [6, 6.07) is 7.34. The van der Waals surface area contributed by atoms with Crippen molar-refractivity contribution >= 4 is 11.6 Å². The van der Waals surface area contributed by atoms with Gasteiger partial charge in [-0.25, -0.2) is 0 Å². The van der Waals surface area contributed by atoms with Crippen molar-refractivity contribution in [2.75, 3.05) is 12.4 Å². The Bertz CT molecular complexity index is 579. The summed E-state index contributed by atoms with van der Waals surface area (Å²) in [6.07, 6.45) is 9.53. The molecule has 0 unspecified atom stereocenters. The third-order valence-electron chi connectivity index (χ3n) is 3.08. The van der Waals surface area contributed by atoms with Gasteiger partial charge in [0.05, 0.1) is 12.8 Å². The van der Waals surface area contributed by atoms with E-state index in [4.69, 9.17) is 4.74 Å². The molecule has 0 bridgehead atoms. The Kier molecular flexibility index (Phi) is 7.76. The highest BCUT2D eigenvalue weighted by Gasteiger charge is 2.03. The average molecular weight is 299 g/mol. The zero-order chi connectivity index (χ0) is 16.4. The van der Waals surface area contributed by atoms with Crippen molar-refractivity contribution in [1.82, 2.24) is 0 Å².